The fraction of sp³-hybridized carbons (Fsp3) is 0.200. The van der Waals surface area contributed by atoms with Gasteiger partial charge < -0.3 is 10.4 Å². The molecule has 2 aromatic heterocycles. The van der Waals surface area contributed by atoms with Gasteiger partial charge in [0.1, 0.15) is 5.82 Å². The van der Waals surface area contributed by atoms with Crippen LogP contribution in [0.5, 0.6) is 0 Å². The molecule has 0 bridgehead atoms. The molecule has 0 spiro atoms. The summed E-state index contributed by atoms with van der Waals surface area (Å²) in [5.41, 5.74) is 2.70. The van der Waals surface area contributed by atoms with Crippen molar-refractivity contribution in [3.63, 3.8) is 0 Å². The fourth-order valence-corrected chi connectivity index (χ4v) is 1.92. The second-order valence-electron chi connectivity index (χ2n) is 3.32. The van der Waals surface area contributed by atoms with E-state index in [1.165, 1.54) is 6.07 Å². The molecule has 0 fully saturated rings. The first-order chi connectivity index (χ1) is 8.16. The van der Waals surface area contributed by atoms with Gasteiger partial charge in [0.15, 0.2) is 5.69 Å². The average Bonchev–Trinajstić information content (AvgIpc) is 2.73. The highest BCUT2D eigenvalue weighted by Crippen LogP contribution is 2.13. The number of anilines is 1. The van der Waals surface area contributed by atoms with Crippen LogP contribution in [0.3, 0.4) is 0 Å². The van der Waals surface area contributed by atoms with Crippen LogP contribution in [0.2, 0.25) is 0 Å². The third-order valence-corrected chi connectivity index (χ3v) is 3.09. The number of nitrogens with zero attached hydrogens (tertiary/aromatic N) is 3. The van der Waals surface area contributed by atoms with Gasteiger partial charge in [-0.25, -0.2) is 9.78 Å². The van der Waals surface area contributed by atoms with E-state index in [-0.39, 0.29) is 5.69 Å². The Balaban J connectivity index is 2.00. The quantitative estimate of drug-likeness (QED) is 0.856. The Morgan fingerprint density at radius 2 is 2.29 bits per heavy atom. The molecule has 7 heteroatoms. The van der Waals surface area contributed by atoms with E-state index in [1.54, 1.807) is 22.9 Å². The molecule has 88 valence electrons. The average molecular weight is 250 g/mol. The molecular weight excluding hydrogens is 240 g/mol. The van der Waals surface area contributed by atoms with E-state index in [1.807, 2.05) is 6.92 Å². The molecule has 2 rings (SSSR count). The summed E-state index contributed by atoms with van der Waals surface area (Å²) in [5, 5.41) is 19.1. The Bertz CT molecular complexity index is 523. The maximum atomic E-state index is 10.6. The van der Waals surface area contributed by atoms with Gasteiger partial charge >= 0.3 is 5.97 Å². The number of hydrogen-bond acceptors (Lipinski definition) is 6. The highest BCUT2D eigenvalue weighted by atomic mass is 32.1. The summed E-state index contributed by atoms with van der Waals surface area (Å²) in [7, 11) is 0. The lowest BCUT2D eigenvalue weighted by Crippen LogP contribution is -2.06. The summed E-state index contributed by atoms with van der Waals surface area (Å²) < 4.78 is 0. The van der Waals surface area contributed by atoms with Crippen LogP contribution in [-0.4, -0.2) is 26.3 Å². The zero-order chi connectivity index (χ0) is 12.3. The Morgan fingerprint density at radius 3 is 2.82 bits per heavy atom. The summed E-state index contributed by atoms with van der Waals surface area (Å²) >= 11 is 1.56. The van der Waals surface area contributed by atoms with E-state index in [2.05, 4.69) is 20.5 Å². The van der Waals surface area contributed by atoms with Gasteiger partial charge in [-0.1, -0.05) is 0 Å². The third kappa shape index (κ3) is 2.76. The summed E-state index contributed by atoms with van der Waals surface area (Å²) in [5.74, 6) is -0.537. The summed E-state index contributed by atoms with van der Waals surface area (Å²) in [6.45, 7) is 2.55. The highest BCUT2D eigenvalue weighted by molar-refractivity contribution is 7.09. The van der Waals surface area contributed by atoms with Crippen molar-refractivity contribution >= 4 is 23.1 Å². The van der Waals surface area contributed by atoms with Crippen molar-refractivity contribution in [3.05, 3.63) is 33.9 Å². The first kappa shape index (κ1) is 11.5. The van der Waals surface area contributed by atoms with Crippen LogP contribution in [0.15, 0.2) is 17.6 Å². The minimum absolute atomic E-state index is 0.0653. The van der Waals surface area contributed by atoms with Gasteiger partial charge in [0.25, 0.3) is 0 Å². The minimum atomic E-state index is -1.08. The van der Waals surface area contributed by atoms with E-state index in [9.17, 15) is 4.79 Å². The standard InChI is InChI=1S/C10H10N4O2S/c1-6-8(17-5-12-6)4-11-9-3-2-7(10(15)16)13-14-9/h2-3,5H,4H2,1H3,(H,11,14)(H,15,16). The highest BCUT2D eigenvalue weighted by Gasteiger charge is 2.05. The Labute approximate surface area is 101 Å². The second kappa shape index (κ2) is 4.88. The maximum Gasteiger partial charge on any atom is 0.356 e. The zero-order valence-electron chi connectivity index (χ0n) is 9.04. The smallest absolute Gasteiger partial charge is 0.356 e. The molecule has 17 heavy (non-hydrogen) atoms. The lowest BCUT2D eigenvalue weighted by molar-refractivity contribution is 0.0689. The Hall–Kier alpha value is -2.02. The van der Waals surface area contributed by atoms with Gasteiger partial charge in [-0.05, 0) is 19.1 Å². The molecule has 0 aliphatic heterocycles. The van der Waals surface area contributed by atoms with Crippen molar-refractivity contribution in [1.29, 1.82) is 0 Å². The van der Waals surface area contributed by atoms with Crippen molar-refractivity contribution in [1.82, 2.24) is 15.2 Å². The van der Waals surface area contributed by atoms with Crippen LogP contribution in [0, 0.1) is 6.92 Å². The molecule has 0 aromatic carbocycles. The SMILES string of the molecule is Cc1ncsc1CNc1ccc(C(=O)O)nn1. The Kier molecular flexibility index (Phi) is 3.29. The van der Waals surface area contributed by atoms with E-state index in [4.69, 9.17) is 5.11 Å². The van der Waals surface area contributed by atoms with E-state index in [0.29, 0.717) is 12.4 Å². The fourth-order valence-electron chi connectivity index (χ4n) is 1.21. The predicted octanol–water partition coefficient (Wildman–Crippen LogP) is 1.55. The monoisotopic (exact) mass is 250 g/mol. The van der Waals surface area contributed by atoms with E-state index >= 15 is 0 Å². The van der Waals surface area contributed by atoms with Gasteiger partial charge in [-0.2, -0.15) is 0 Å². The van der Waals surface area contributed by atoms with Crippen molar-refractivity contribution in [2.24, 2.45) is 0 Å². The molecule has 6 nitrogen and oxygen atoms in total. The molecular formula is C10H10N4O2S. The molecule has 0 unspecified atom stereocenters. The molecule has 0 saturated carbocycles. The van der Waals surface area contributed by atoms with Gasteiger partial charge in [0.2, 0.25) is 0 Å². The third-order valence-electron chi connectivity index (χ3n) is 2.16. The summed E-state index contributed by atoms with van der Waals surface area (Å²) in [4.78, 5) is 15.8. The van der Waals surface area contributed by atoms with Crippen LogP contribution in [-0.2, 0) is 6.54 Å². The second-order valence-corrected chi connectivity index (χ2v) is 4.26. The lowest BCUT2D eigenvalue weighted by Gasteiger charge is -2.03. The van der Waals surface area contributed by atoms with Crippen LogP contribution >= 0.6 is 11.3 Å². The van der Waals surface area contributed by atoms with E-state index < -0.39 is 5.97 Å². The molecule has 0 aliphatic carbocycles. The van der Waals surface area contributed by atoms with Gasteiger partial charge in [0, 0.05) is 4.88 Å². The molecule has 2 heterocycles. The number of carboxylic acid groups (broad SMARTS) is 1. The van der Waals surface area contributed by atoms with Crippen molar-refractivity contribution in [2.75, 3.05) is 5.32 Å². The molecule has 2 N–H and O–H groups in total. The number of aromatic carboxylic acids is 1. The topological polar surface area (TPSA) is 88.0 Å². The van der Waals surface area contributed by atoms with Gasteiger partial charge in [-0.15, -0.1) is 21.5 Å². The first-order valence-corrected chi connectivity index (χ1v) is 5.74. The molecule has 2 aromatic rings. The van der Waals surface area contributed by atoms with Gasteiger partial charge in [0.05, 0.1) is 17.7 Å². The van der Waals surface area contributed by atoms with E-state index in [0.717, 1.165) is 10.6 Å². The largest absolute Gasteiger partial charge is 0.476 e. The summed E-state index contributed by atoms with van der Waals surface area (Å²) in [6.07, 6.45) is 0. The lowest BCUT2D eigenvalue weighted by atomic mass is 10.3. The number of carbonyl (C=O) groups is 1. The number of aryl methyl sites for hydroxylation is 1. The predicted molar refractivity (Wildman–Crippen MR) is 63.2 cm³/mol. The molecule has 0 amide bonds. The van der Waals surface area contributed by atoms with Crippen molar-refractivity contribution in [3.8, 4) is 0 Å². The molecule has 0 saturated heterocycles. The zero-order valence-corrected chi connectivity index (χ0v) is 9.86. The normalized spacial score (nSPS) is 10.2. The minimum Gasteiger partial charge on any atom is -0.476 e. The molecule has 0 atom stereocenters. The Morgan fingerprint density at radius 1 is 1.47 bits per heavy atom. The number of thiazole rings is 1. The van der Waals surface area contributed by atoms with Crippen LogP contribution in [0.4, 0.5) is 5.82 Å². The van der Waals surface area contributed by atoms with Gasteiger partial charge in [-0.3, -0.25) is 0 Å². The number of hydrogen-bond donors (Lipinski definition) is 2. The summed E-state index contributed by atoms with van der Waals surface area (Å²) in [6, 6.07) is 3.00. The number of rotatable bonds is 4. The molecule has 0 radical (unpaired) electrons. The van der Waals surface area contributed by atoms with Crippen molar-refractivity contribution < 1.29 is 9.90 Å². The number of carboxylic acids is 1. The number of aromatic nitrogens is 3. The first-order valence-electron chi connectivity index (χ1n) is 4.86. The van der Waals surface area contributed by atoms with Crippen LogP contribution < -0.4 is 5.32 Å². The maximum absolute atomic E-state index is 10.6. The molecule has 0 aliphatic rings. The van der Waals surface area contributed by atoms with Crippen LogP contribution in [0.1, 0.15) is 21.1 Å². The van der Waals surface area contributed by atoms with Crippen LogP contribution in [0.25, 0.3) is 0 Å². The van der Waals surface area contributed by atoms with Crippen molar-refractivity contribution in [2.45, 2.75) is 13.5 Å². The number of nitrogens with one attached hydrogen (secondary N) is 1.